The number of benzene rings is 1. The molecule has 1 saturated carbocycles. The molecule has 1 fully saturated rings. The van der Waals surface area contributed by atoms with E-state index in [2.05, 4.69) is 26.8 Å². The number of hydrogen-bond donors (Lipinski definition) is 0. The van der Waals surface area contributed by atoms with Gasteiger partial charge in [-0.3, -0.25) is 4.79 Å². The van der Waals surface area contributed by atoms with E-state index in [1.165, 1.54) is 12.8 Å². The van der Waals surface area contributed by atoms with Crippen LogP contribution in [0.5, 0.6) is 0 Å². The lowest BCUT2D eigenvalue weighted by molar-refractivity contribution is -0.126. The van der Waals surface area contributed by atoms with E-state index in [1.807, 2.05) is 24.3 Å². The summed E-state index contributed by atoms with van der Waals surface area (Å²) in [6, 6.07) is 10.1. The molecule has 0 N–H and O–H groups in total. The predicted molar refractivity (Wildman–Crippen MR) is 89.3 cm³/mol. The number of ketones is 1. The molecule has 0 bridgehead atoms. The average molecular weight is 297 g/mol. The third-order valence-electron chi connectivity index (χ3n) is 5.12. The van der Waals surface area contributed by atoms with E-state index in [-0.39, 0.29) is 5.92 Å². The van der Waals surface area contributed by atoms with Gasteiger partial charge in [-0.1, -0.05) is 51.5 Å². The summed E-state index contributed by atoms with van der Waals surface area (Å²) in [6.45, 7) is 6.77. The highest BCUT2D eigenvalue weighted by Crippen LogP contribution is 2.38. The average Bonchev–Trinajstić information content (AvgIpc) is 2.49. The fourth-order valence-electron chi connectivity index (χ4n) is 3.77. The molecule has 2 rings (SSSR count). The highest BCUT2D eigenvalue weighted by atomic mass is 16.1. The molecule has 1 aromatic carbocycles. The zero-order valence-electron chi connectivity index (χ0n) is 14.0. The normalized spacial score (nSPS) is 25.0. The molecule has 1 aliphatic carbocycles. The molecular weight excluding hydrogens is 270 g/mol. The van der Waals surface area contributed by atoms with Crippen LogP contribution in [0.2, 0.25) is 0 Å². The molecule has 1 aliphatic rings. The Bertz CT molecular complexity index is 538. The van der Waals surface area contributed by atoms with Crippen molar-refractivity contribution in [1.29, 1.82) is 5.26 Å². The van der Waals surface area contributed by atoms with E-state index in [1.54, 1.807) is 0 Å². The fraction of sp³-hybridized carbons (Fsp3) is 0.600. The zero-order valence-corrected chi connectivity index (χ0v) is 14.0. The van der Waals surface area contributed by atoms with Crippen molar-refractivity contribution in [2.45, 2.75) is 52.9 Å². The summed E-state index contributed by atoms with van der Waals surface area (Å²) in [5, 5.41) is 8.71. The molecule has 3 atom stereocenters. The molecule has 2 nitrogen and oxygen atoms in total. The third kappa shape index (κ3) is 4.19. The Morgan fingerprint density at radius 3 is 2.45 bits per heavy atom. The molecule has 0 aromatic heterocycles. The van der Waals surface area contributed by atoms with Gasteiger partial charge in [0, 0.05) is 12.3 Å². The van der Waals surface area contributed by atoms with Crippen molar-refractivity contribution in [2.75, 3.05) is 0 Å². The predicted octanol–water partition coefficient (Wildman–Crippen LogP) is 4.57. The van der Waals surface area contributed by atoms with Gasteiger partial charge in [-0.2, -0.15) is 5.26 Å². The Kier molecular flexibility index (Phi) is 5.77. The van der Waals surface area contributed by atoms with Gasteiger partial charge in [-0.15, -0.1) is 0 Å². The molecule has 0 radical (unpaired) electrons. The maximum Gasteiger partial charge on any atom is 0.140 e. The monoisotopic (exact) mass is 297 g/mol. The first kappa shape index (κ1) is 16.7. The van der Waals surface area contributed by atoms with Crippen LogP contribution >= 0.6 is 0 Å². The zero-order chi connectivity index (χ0) is 16.1. The molecule has 1 aromatic rings. The van der Waals surface area contributed by atoms with Crippen molar-refractivity contribution in [2.24, 2.45) is 23.7 Å². The maximum atomic E-state index is 12.8. The summed E-state index contributed by atoms with van der Waals surface area (Å²) >= 11 is 0. The van der Waals surface area contributed by atoms with Gasteiger partial charge < -0.3 is 0 Å². The van der Waals surface area contributed by atoms with Gasteiger partial charge in [0.05, 0.1) is 12.5 Å². The molecule has 0 spiro atoms. The summed E-state index contributed by atoms with van der Waals surface area (Å²) in [4.78, 5) is 12.8. The van der Waals surface area contributed by atoms with Gasteiger partial charge in [-0.05, 0) is 41.7 Å². The minimum Gasteiger partial charge on any atom is -0.299 e. The topological polar surface area (TPSA) is 40.9 Å². The first-order valence-corrected chi connectivity index (χ1v) is 8.48. The Hall–Kier alpha value is -1.62. The van der Waals surface area contributed by atoms with Crippen molar-refractivity contribution < 1.29 is 4.79 Å². The van der Waals surface area contributed by atoms with Gasteiger partial charge in [0.2, 0.25) is 0 Å². The third-order valence-corrected chi connectivity index (χ3v) is 5.12. The second-order valence-electron chi connectivity index (χ2n) is 7.23. The highest BCUT2D eigenvalue weighted by Gasteiger charge is 2.34. The Morgan fingerprint density at radius 2 is 1.86 bits per heavy atom. The highest BCUT2D eigenvalue weighted by molar-refractivity contribution is 5.83. The number of nitrogens with zero attached hydrogens (tertiary/aromatic N) is 1. The maximum absolute atomic E-state index is 12.8. The van der Waals surface area contributed by atoms with Crippen LogP contribution in [-0.2, 0) is 17.6 Å². The van der Waals surface area contributed by atoms with Crippen LogP contribution in [0, 0.1) is 35.0 Å². The van der Waals surface area contributed by atoms with Gasteiger partial charge in [0.25, 0.3) is 0 Å². The molecule has 0 saturated heterocycles. The van der Waals surface area contributed by atoms with Crippen molar-refractivity contribution in [3.63, 3.8) is 0 Å². The lowest BCUT2D eigenvalue weighted by Crippen LogP contribution is -2.34. The molecule has 0 amide bonds. The van der Waals surface area contributed by atoms with E-state index in [0.29, 0.717) is 36.4 Å². The van der Waals surface area contributed by atoms with E-state index in [9.17, 15) is 4.79 Å². The largest absolute Gasteiger partial charge is 0.299 e. The number of nitriles is 1. The van der Waals surface area contributed by atoms with E-state index in [0.717, 1.165) is 17.5 Å². The quantitative estimate of drug-likeness (QED) is 0.798. The fourth-order valence-corrected chi connectivity index (χ4v) is 3.77. The van der Waals surface area contributed by atoms with Gasteiger partial charge in [0.15, 0.2) is 0 Å². The van der Waals surface area contributed by atoms with Crippen LogP contribution < -0.4 is 0 Å². The van der Waals surface area contributed by atoms with E-state index >= 15 is 0 Å². The molecule has 22 heavy (non-hydrogen) atoms. The second kappa shape index (κ2) is 7.58. The van der Waals surface area contributed by atoms with Crippen LogP contribution in [0.3, 0.4) is 0 Å². The summed E-state index contributed by atoms with van der Waals surface area (Å²) < 4.78 is 0. The van der Waals surface area contributed by atoms with Crippen molar-refractivity contribution in [1.82, 2.24) is 0 Å². The molecular formula is C20H27NO. The lowest BCUT2D eigenvalue weighted by atomic mass is 9.68. The van der Waals surface area contributed by atoms with Crippen LogP contribution in [0.15, 0.2) is 24.3 Å². The first-order chi connectivity index (χ1) is 10.5. The van der Waals surface area contributed by atoms with Gasteiger partial charge in [-0.25, -0.2) is 0 Å². The van der Waals surface area contributed by atoms with Crippen LogP contribution in [0.25, 0.3) is 0 Å². The van der Waals surface area contributed by atoms with Crippen LogP contribution in [-0.4, -0.2) is 5.78 Å². The first-order valence-electron chi connectivity index (χ1n) is 8.48. The van der Waals surface area contributed by atoms with E-state index < -0.39 is 0 Å². The smallest absolute Gasteiger partial charge is 0.140 e. The van der Waals surface area contributed by atoms with E-state index in [4.69, 9.17) is 5.26 Å². The summed E-state index contributed by atoms with van der Waals surface area (Å²) in [6.07, 6.45) is 4.47. The van der Waals surface area contributed by atoms with Crippen LogP contribution in [0.1, 0.15) is 51.2 Å². The Balaban J connectivity index is 2.04. The summed E-state index contributed by atoms with van der Waals surface area (Å²) in [7, 11) is 0. The lowest BCUT2D eigenvalue weighted by Gasteiger charge is -2.36. The molecule has 0 unspecified atom stereocenters. The number of carbonyl (C=O) groups excluding carboxylic acids is 1. The number of hydrogen-bond acceptors (Lipinski definition) is 2. The Morgan fingerprint density at radius 1 is 1.23 bits per heavy atom. The van der Waals surface area contributed by atoms with Crippen molar-refractivity contribution in [3.05, 3.63) is 35.4 Å². The Labute approximate surface area is 134 Å². The molecule has 0 aliphatic heterocycles. The SMILES string of the molecule is CC(C)[C@@H]1CC[C@@H](C)C[C@H]1C(=O)Cc1ccc(CC#N)cc1. The molecule has 2 heteroatoms. The van der Waals surface area contributed by atoms with Crippen molar-refractivity contribution >= 4 is 5.78 Å². The number of Topliss-reactive ketones (excluding diaryl/α,β-unsaturated/α-hetero) is 1. The summed E-state index contributed by atoms with van der Waals surface area (Å²) in [5.41, 5.74) is 2.09. The molecule has 118 valence electrons. The van der Waals surface area contributed by atoms with Gasteiger partial charge >= 0.3 is 0 Å². The summed E-state index contributed by atoms with van der Waals surface area (Å²) in [5.74, 6) is 2.42. The van der Waals surface area contributed by atoms with Gasteiger partial charge in [0.1, 0.15) is 5.78 Å². The van der Waals surface area contributed by atoms with Crippen molar-refractivity contribution in [3.8, 4) is 6.07 Å². The molecule has 0 heterocycles. The number of rotatable bonds is 5. The van der Waals surface area contributed by atoms with Crippen LogP contribution in [0.4, 0.5) is 0 Å². The number of carbonyl (C=O) groups is 1. The second-order valence-corrected chi connectivity index (χ2v) is 7.23. The minimum atomic E-state index is 0.225. The minimum absolute atomic E-state index is 0.225. The standard InChI is InChI=1S/C20H27NO/c1-14(2)18-9-4-15(3)12-19(18)20(22)13-17-7-5-16(6-8-17)10-11-21/h5-8,14-15,18-19H,4,9-10,12-13H2,1-3H3/t15-,18+,19-/m1/s1.